The van der Waals surface area contributed by atoms with E-state index in [1.165, 1.54) is 38.3 Å². The Bertz CT molecular complexity index is 1290. The molecule has 0 atom stereocenters. The molecule has 5 aromatic rings. The Morgan fingerprint density at radius 1 is 0.562 bits per heavy atom. The first-order valence-corrected chi connectivity index (χ1v) is 21.9. The maximum atomic E-state index is 2.52. The number of hydrogen-bond acceptors (Lipinski definition) is 2. The van der Waals surface area contributed by atoms with Gasteiger partial charge in [0.15, 0.2) is 0 Å². The van der Waals surface area contributed by atoms with Gasteiger partial charge in [-0.15, -0.1) is 0 Å². The van der Waals surface area contributed by atoms with Crippen molar-refractivity contribution in [1.29, 1.82) is 0 Å². The van der Waals surface area contributed by atoms with Gasteiger partial charge in [0, 0.05) is 0 Å². The summed E-state index contributed by atoms with van der Waals surface area (Å²) in [4.78, 5) is 9.87. The van der Waals surface area contributed by atoms with Gasteiger partial charge in [-0.2, -0.15) is 0 Å². The Labute approximate surface area is 198 Å². The molecule has 32 heavy (non-hydrogen) atoms. The van der Waals surface area contributed by atoms with Crippen molar-refractivity contribution in [3.63, 3.8) is 0 Å². The molecule has 1 nitrogen and oxygen atoms in total. The van der Waals surface area contributed by atoms with Crippen molar-refractivity contribution in [3.05, 3.63) is 109 Å². The van der Waals surface area contributed by atoms with Gasteiger partial charge in [0.2, 0.25) is 0 Å². The van der Waals surface area contributed by atoms with E-state index in [0.717, 1.165) is 0 Å². The first-order chi connectivity index (χ1) is 15.5. The van der Waals surface area contributed by atoms with E-state index >= 15 is 0 Å². The summed E-state index contributed by atoms with van der Waals surface area (Å²) in [5, 5.41) is 1.40. The molecule has 0 fully saturated rings. The van der Waals surface area contributed by atoms with Gasteiger partial charge in [-0.3, -0.25) is 0 Å². The number of rotatable bonds is 5. The van der Waals surface area contributed by atoms with Crippen molar-refractivity contribution in [3.8, 4) is 11.1 Å². The fraction of sp³-hybridized carbons (Fsp3) is 0.103. The molecule has 0 bridgehead atoms. The Balaban J connectivity index is 1.63. The first-order valence-electron chi connectivity index (χ1n) is 11.0. The van der Waals surface area contributed by atoms with E-state index in [-0.39, 0.29) is 0 Å². The molecule has 0 unspecified atom stereocenters. The average Bonchev–Trinajstić information content (AvgIpc) is 3.22. The monoisotopic (exact) mass is 541 g/mol. The van der Waals surface area contributed by atoms with Crippen LogP contribution in [0.15, 0.2) is 109 Å². The average molecular weight is 540 g/mol. The van der Waals surface area contributed by atoms with Crippen LogP contribution in [0.5, 0.6) is 0 Å². The van der Waals surface area contributed by atoms with Crippen molar-refractivity contribution < 1.29 is 0 Å². The van der Waals surface area contributed by atoms with Gasteiger partial charge in [0.25, 0.3) is 0 Å². The molecule has 1 aromatic heterocycles. The van der Waals surface area contributed by atoms with E-state index in [4.69, 9.17) is 0 Å². The third kappa shape index (κ3) is 4.09. The second-order valence-electron chi connectivity index (χ2n) is 9.11. The molecular weight excluding hydrogens is 513 g/mol. The molecule has 0 radical (unpaired) electrons. The predicted molar refractivity (Wildman–Crippen MR) is 145 cm³/mol. The quantitative estimate of drug-likeness (QED) is 0.202. The third-order valence-electron chi connectivity index (χ3n) is 5.72. The van der Waals surface area contributed by atoms with E-state index in [1.807, 2.05) is 11.3 Å². The molecule has 0 spiro atoms. The summed E-state index contributed by atoms with van der Waals surface area (Å²) in [5.74, 6) is 0. The predicted octanol–water partition coefficient (Wildman–Crippen LogP) is 8.58. The van der Waals surface area contributed by atoms with Gasteiger partial charge in [-0.25, -0.2) is 0 Å². The van der Waals surface area contributed by atoms with E-state index in [9.17, 15) is 0 Å². The van der Waals surface area contributed by atoms with Gasteiger partial charge < -0.3 is 0 Å². The molecule has 0 saturated carbocycles. The number of benzene rings is 4. The molecule has 5 rings (SSSR count). The van der Waals surface area contributed by atoms with Crippen molar-refractivity contribution >= 4 is 59.8 Å². The SMILES string of the molecule is [CH3][Sn]([CH3])([CH3])[c]1sc2ccccc2c1-c1ccc(N(c2ccccc2)c2ccccc2)cc1. The van der Waals surface area contributed by atoms with Crippen LogP contribution in [0.1, 0.15) is 0 Å². The molecule has 1 heterocycles. The van der Waals surface area contributed by atoms with E-state index in [0.29, 0.717) is 0 Å². The van der Waals surface area contributed by atoms with Crippen molar-refractivity contribution in [2.75, 3.05) is 4.90 Å². The van der Waals surface area contributed by atoms with Crippen LogP contribution < -0.4 is 7.79 Å². The summed E-state index contributed by atoms with van der Waals surface area (Å²) in [7, 11) is 0. The molecular formula is C29H27NSSn. The van der Waals surface area contributed by atoms with Gasteiger partial charge in [-0.1, -0.05) is 0 Å². The second-order valence-corrected chi connectivity index (χ2v) is 25.5. The number of para-hydroxylation sites is 2. The van der Waals surface area contributed by atoms with Crippen LogP contribution in [0.4, 0.5) is 17.1 Å². The summed E-state index contributed by atoms with van der Waals surface area (Å²) in [6, 6.07) is 39.2. The van der Waals surface area contributed by atoms with Crippen LogP contribution >= 0.6 is 11.3 Å². The molecule has 0 N–H and O–H groups in total. The zero-order valence-electron chi connectivity index (χ0n) is 18.7. The summed E-state index contributed by atoms with van der Waals surface area (Å²) in [5.41, 5.74) is 6.30. The number of nitrogens with zero attached hydrogens (tertiary/aromatic N) is 1. The molecule has 0 saturated heterocycles. The van der Waals surface area contributed by atoms with Crippen LogP contribution in [0.2, 0.25) is 14.8 Å². The van der Waals surface area contributed by atoms with Crippen molar-refractivity contribution in [2.45, 2.75) is 14.8 Å². The first kappa shape index (κ1) is 21.3. The van der Waals surface area contributed by atoms with Crippen molar-refractivity contribution in [2.24, 2.45) is 0 Å². The number of fused-ring (bicyclic) bond motifs is 1. The van der Waals surface area contributed by atoms with Crippen LogP contribution in [0.3, 0.4) is 0 Å². The third-order valence-corrected chi connectivity index (χ3v) is 16.3. The minimum atomic E-state index is -2.28. The zero-order valence-corrected chi connectivity index (χ0v) is 22.4. The Morgan fingerprint density at radius 2 is 1.06 bits per heavy atom. The second kappa shape index (κ2) is 8.76. The van der Waals surface area contributed by atoms with E-state index < -0.39 is 18.4 Å². The van der Waals surface area contributed by atoms with E-state index in [1.54, 1.807) is 2.89 Å². The Kier molecular flexibility index (Phi) is 5.83. The van der Waals surface area contributed by atoms with Crippen LogP contribution in [0, 0.1) is 0 Å². The standard InChI is InChI=1S/C26H18NS.3CH3.Sn/c1-3-9-21(10-4-1)27(22-11-5-2-6-12-22)23-17-15-20(16-18-23)25-19-28-26-14-8-7-13-24(25)26;;;;/h1-18H;3*1H3;. The van der Waals surface area contributed by atoms with Crippen LogP contribution in [-0.2, 0) is 0 Å². The van der Waals surface area contributed by atoms with Gasteiger partial charge in [0.1, 0.15) is 0 Å². The molecule has 0 aliphatic carbocycles. The van der Waals surface area contributed by atoms with Crippen LogP contribution in [0.25, 0.3) is 21.2 Å². The number of anilines is 3. The topological polar surface area (TPSA) is 3.24 Å². The Hall–Kier alpha value is -2.56. The molecule has 3 heteroatoms. The summed E-state index contributed by atoms with van der Waals surface area (Å²) < 4.78 is 3.06. The summed E-state index contributed by atoms with van der Waals surface area (Å²) >= 11 is -0.268. The van der Waals surface area contributed by atoms with Gasteiger partial charge in [0.05, 0.1) is 0 Å². The number of thiophene rings is 1. The maximum absolute atomic E-state index is 2.52. The zero-order chi connectivity index (χ0) is 22.1. The fourth-order valence-electron chi connectivity index (χ4n) is 4.24. The fourth-order valence-corrected chi connectivity index (χ4v) is 12.0. The summed E-state index contributed by atoms with van der Waals surface area (Å²) in [6.07, 6.45) is 0. The minimum absolute atomic E-state index is 1.17. The normalized spacial score (nSPS) is 11.6. The molecule has 0 aliphatic heterocycles. The summed E-state index contributed by atoms with van der Waals surface area (Å²) in [6.45, 7) is 0. The molecule has 4 aromatic carbocycles. The number of hydrogen-bond donors (Lipinski definition) is 0. The van der Waals surface area contributed by atoms with E-state index in [2.05, 4.69) is 129 Å². The Morgan fingerprint density at radius 3 is 1.62 bits per heavy atom. The molecule has 0 amide bonds. The van der Waals surface area contributed by atoms with Gasteiger partial charge >= 0.3 is 200 Å². The van der Waals surface area contributed by atoms with Crippen molar-refractivity contribution in [1.82, 2.24) is 0 Å². The van der Waals surface area contributed by atoms with Gasteiger partial charge in [-0.05, 0) is 0 Å². The molecule has 0 aliphatic rings. The van der Waals surface area contributed by atoms with Crippen LogP contribution in [-0.4, -0.2) is 18.4 Å². The molecule has 158 valence electrons.